The zero-order chi connectivity index (χ0) is 11.1. The molecule has 1 rings (SSSR count). The zero-order valence-electron chi connectivity index (χ0n) is 7.90. The summed E-state index contributed by atoms with van der Waals surface area (Å²) in [6.07, 6.45) is 2.09. The fourth-order valence-corrected chi connectivity index (χ4v) is 1.21. The summed E-state index contributed by atoms with van der Waals surface area (Å²) in [7, 11) is 0. The highest BCUT2D eigenvalue weighted by Crippen LogP contribution is 2.15. The van der Waals surface area contributed by atoms with Crippen molar-refractivity contribution in [2.75, 3.05) is 6.54 Å². The van der Waals surface area contributed by atoms with Crippen LogP contribution in [0.1, 0.15) is 5.56 Å². The minimum atomic E-state index is 0.177. The van der Waals surface area contributed by atoms with E-state index >= 15 is 0 Å². The molecule has 0 spiro atoms. The van der Waals surface area contributed by atoms with Crippen LogP contribution in [-0.4, -0.2) is 12.8 Å². The molecule has 0 radical (unpaired) electrons. The Labute approximate surface area is 93.0 Å². The summed E-state index contributed by atoms with van der Waals surface area (Å²) in [5.74, 6) is 0. The van der Waals surface area contributed by atoms with Gasteiger partial charge in [0.15, 0.2) is 0 Å². The third-order valence-electron chi connectivity index (χ3n) is 1.74. The van der Waals surface area contributed by atoms with Gasteiger partial charge in [0.2, 0.25) is 0 Å². The van der Waals surface area contributed by atoms with Crippen LogP contribution in [0.2, 0.25) is 5.02 Å². The lowest BCUT2D eigenvalue weighted by Gasteiger charge is -2.06. The van der Waals surface area contributed by atoms with Crippen LogP contribution < -0.4 is 5.32 Å². The molecule has 1 aromatic rings. The number of carbonyl (C=O) groups is 1. The largest absolute Gasteiger partial charge is 0.377 e. The number of aldehydes is 1. The Morgan fingerprint density at radius 1 is 1.47 bits per heavy atom. The second-order valence-corrected chi connectivity index (χ2v) is 3.18. The van der Waals surface area contributed by atoms with Gasteiger partial charge in [-0.3, -0.25) is 0 Å². The number of nitrogens with one attached hydrogen (secondary N) is 1. The molecule has 0 saturated carbocycles. The average molecular weight is 221 g/mol. The molecule has 0 aliphatic heterocycles. The fraction of sp³-hybridized carbons (Fsp3) is 0.0909. The minimum Gasteiger partial charge on any atom is -0.377 e. The molecule has 1 aromatic carbocycles. The molecule has 0 amide bonds. The fourth-order valence-electron chi connectivity index (χ4n) is 1.08. The highest BCUT2D eigenvalue weighted by atomic mass is 35.5. The summed E-state index contributed by atoms with van der Waals surface area (Å²) in [6, 6.07) is 8.93. The maximum atomic E-state index is 10.2. The average Bonchev–Trinajstić information content (AvgIpc) is 2.25. The summed E-state index contributed by atoms with van der Waals surface area (Å²) < 4.78 is 0. The van der Waals surface area contributed by atoms with Crippen molar-refractivity contribution in [2.45, 2.75) is 0 Å². The van der Waals surface area contributed by atoms with Crippen molar-refractivity contribution in [3.05, 3.63) is 40.9 Å². The molecule has 1 N–H and O–H groups in total. The Bertz CT molecular complexity index is 404. The van der Waals surface area contributed by atoms with E-state index in [0.717, 1.165) is 11.8 Å². The summed E-state index contributed by atoms with van der Waals surface area (Å²) in [6.45, 7) is 0.177. The molecule has 0 unspecified atom stereocenters. The number of halogens is 1. The van der Waals surface area contributed by atoms with Crippen LogP contribution in [0.5, 0.6) is 0 Å². The van der Waals surface area contributed by atoms with Crippen molar-refractivity contribution < 1.29 is 4.79 Å². The molecule has 0 atom stereocenters. The number of hydrogen-bond acceptors (Lipinski definition) is 3. The predicted molar refractivity (Wildman–Crippen MR) is 59.1 cm³/mol. The van der Waals surface area contributed by atoms with Crippen molar-refractivity contribution >= 4 is 23.6 Å². The summed E-state index contributed by atoms with van der Waals surface area (Å²) in [5.41, 5.74) is 1.43. The Kier molecular flexibility index (Phi) is 4.39. The van der Waals surface area contributed by atoms with Crippen molar-refractivity contribution in [3.8, 4) is 6.07 Å². The second-order valence-electron chi connectivity index (χ2n) is 2.74. The number of nitriles is 1. The number of benzene rings is 1. The van der Waals surface area contributed by atoms with E-state index in [1.807, 2.05) is 6.07 Å². The molecule has 3 nitrogen and oxygen atoms in total. The number of rotatable bonds is 4. The lowest BCUT2D eigenvalue weighted by atomic mass is 10.1. The molecule has 0 heterocycles. The van der Waals surface area contributed by atoms with Gasteiger partial charge in [0.1, 0.15) is 6.29 Å². The van der Waals surface area contributed by atoms with Crippen LogP contribution in [0.25, 0.3) is 5.70 Å². The number of nitrogens with zero attached hydrogens (tertiary/aromatic N) is 1. The van der Waals surface area contributed by atoms with Crippen molar-refractivity contribution in [2.24, 2.45) is 0 Å². The van der Waals surface area contributed by atoms with E-state index in [4.69, 9.17) is 16.9 Å². The van der Waals surface area contributed by atoms with Gasteiger partial charge in [-0.25, -0.2) is 0 Å². The van der Waals surface area contributed by atoms with Gasteiger partial charge in [-0.1, -0.05) is 23.7 Å². The van der Waals surface area contributed by atoms with E-state index in [2.05, 4.69) is 5.32 Å². The lowest BCUT2D eigenvalue weighted by Crippen LogP contribution is -2.14. The molecule has 4 heteroatoms. The van der Waals surface area contributed by atoms with E-state index < -0.39 is 0 Å². The molecule has 15 heavy (non-hydrogen) atoms. The van der Waals surface area contributed by atoms with Crippen molar-refractivity contribution in [3.63, 3.8) is 0 Å². The van der Waals surface area contributed by atoms with Gasteiger partial charge < -0.3 is 10.1 Å². The lowest BCUT2D eigenvalue weighted by molar-refractivity contribution is -0.107. The van der Waals surface area contributed by atoms with Gasteiger partial charge in [0.05, 0.1) is 18.3 Å². The van der Waals surface area contributed by atoms with Crippen LogP contribution in [-0.2, 0) is 4.79 Å². The summed E-state index contributed by atoms with van der Waals surface area (Å²) in [4.78, 5) is 10.2. The second kappa shape index (κ2) is 5.84. The van der Waals surface area contributed by atoms with E-state index in [1.165, 1.54) is 6.08 Å². The Morgan fingerprint density at radius 2 is 2.13 bits per heavy atom. The Hall–Kier alpha value is -1.79. The standard InChI is InChI=1S/C11H9ClN2O/c12-10-3-1-9(2-4-10)11(5-6-13)14-7-8-15/h1-5,8,14H,7H2/b11-5-. The predicted octanol–water partition coefficient (Wildman–Crippen LogP) is 1.99. The van der Waals surface area contributed by atoms with Crippen LogP contribution in [0, 0.1) is 11.3 Å². The molecule has 0 bridgehead atoms. The maximum absolute atomic E-state index is 10.2. The van der Waals surface area contributed by atoms with E-state index in [1.54, 1.807) is 24.3 Å². The van der Waals surface area contributed by atoms with Crippen LogP contribution in [0.15, 0.2) is 30.3 Å². The van der Waals surface area contributed by atoms with Gasteiger partial charge in [0, 0.05) is 11.1 Å². The van der Waals surface area contributed by atoms with E-state index in [9.17, 15) is 4.79 Å². The number of hydrogen-bond donors (Lipinski definition) is 1. The first kappa shape index (κ1) is 11.3. The number of allylic oxidation sites excluding steroid dienone is 1. The van der Waals surface area contributed by atoms with Gasteiger partial charge in [0.25, 0.3) is 0 Å². The topological polar surface area (TPSA) is 52.9 Å². The molecule has 76 valence electrons. The third-order valence-corrected chi connectivity index (χ3v) is 1.99. The smallest absolute Gasteiger partial charge is 0.139 e. The first-order valence-electron chi connectivity index (χ1n) is 4.31. The Morgan fingerprint density at radius 3 is 2.67 bits per heavy atom. The van der Waals surface area contributed by atoms with Crippen molar-refractivity contribution in [1.29, 1.82) is 5.26 Å². The van der Waals surface area contributed by atoms with Crippen LogP contribution in [0.4, 0.5) is 0 Å². The molecular formula is C11H9ClN2O. The van der Waals surface area contributed by atoms with Gasteiger partial charge in [-0.05, 0) is 17.7 Å². The molecular weight excluding hydrogens is 212 g/mol. The third kappa shape index (κ3) is 3.45. The normalized spacial score (nSPS) is 10.5. The molecule has 0 aromatic heterocycles. The highest BCUT2D eigenvalue weighted by Gasteiger charge is 1.99. The SMILES string of the molecule is N#C/C=C(\NCC=O)c1ccc(Cl)cc1. The molecule has 0 fully saturated rings. The van der Waals surface area contributed by atoms with Gasteiger partial charge >= 0.3 is 0 Å². The molecule has 0 aliphatic carbocycles. The van der Waals surface area contributed by atoms with E-state index in [0.29, 0.717) is 10.7 Å². The van der Waals surface area contributed by atoms with E-state index in [-0.39, 0.29) is 6.54 Å². The van der Waals surface area contributed by atoms with Crippen LogP contribution in [0.3, 0.4) is 0 Å². The minimum absolute atomic E-state index is 0.177. The first-order chi connectivity index (χ1) is 7.27. The highest BCUT2D eigenvalue weighted by molar-refractivity contribution is 6.30. The van der Waals surface area contributed by atoms with Crippen molar-refractivity contribution in [1.82, 2.24) is 5.32 Å². The first-order valence-corrected chi connectivity index (χ1v) is 4.69. The van der Waals surface area contributed by atoms with Crippen LogP contribution >= 0.6 is 11.6 Å². The quantitative estimate of drug-likeness (QED) is 0.624. The summed E-state index contributed by atoms with van der Waals surface area (Å²) >= 11 is 5.74. The van der Waals surface area contributed by atoms with Gasteiger partial charge in [-0.2, -0.15) is 5.26 Å². The maximum Gasteiger partial charge on any atom is 0.139 e. The van der Waals surface area contributed by atoms with Gasteiger partial charge in [-0.15, -0.1) is 0 Å². The molecule has 0 aliphatic rings. The summed E-state index contributed by atoms with van der Waals surface area (Å²) in [5, 5.41) is 12.0. The monoisotopic (exact) mass is 220 g/mol. The zero-order valence-corrected chi connectivity index (χ0v) is 8.66. The number of carbonyl (C=O) groups excluding carboxylic acids is 1. The Balaban J connectivity index is 2.90. The molecule has 0 saturated heterocycles.